The van der Waals surface area contributed by atoms with Gasteiger partial charge in [-0.05, 0) is 25.1 Å². The van der Waals surface area contributed by atoms with Crippen LogP contribution >= 0.6 is 0 Å². The lowest BCUT2D eigenvalue weighted by Crippen LogP contribution is -2.35. The molecule has 0 amide bonds. The van der Waals surface area contributed by atoms with E-state index >= 15 is 0 Å². The maximum absolute atomic E-state index is 12.0. The number of ketones is 1. The van der Waals surface area contributed by atoms with Crippen LogP contribution in [0.2, 0.25) is 0 Å². The number of hydrogen-bond acceptors (Lipinski definition) is 4. The molecule has 4 nitrogen and oxygen atoms in total. The van der Waals surface area contributed by atoms with Crippen LogP contribution in [0, 0.1) is 0 Å². The number of alkyl halides is 3. The molecule has 0 radical (unpaired) electrons. The van der Waals surface area contributed by atoms with Crippen LogP contribution in [0.5, 0.6) is 0 Å². The predicted octanol–water partition coefficient (Wildman–Crippen LogP) is 1.81. The number of anilines is 2. The first-order valence-electron chi connectivity index (χ1n) is 5.11. The first kappa shape index (κ1) is 14.3. The summed E-state index contributed by atoms with van der Waals surface area (Å²) >= 11 is 0. The van der Waals surface area contributed by atoms with E-state index in [-0.39, 0.29) is 11.5 Å². The van der Waals surface area contributed by atoms with Gasteiger partial charge in [-0.3, -0.25) is 4.79 Å². The average molecular weight is 262 g/mol. The summed E-state index contributed by atoms with van der Waals surface area (Å²) in [6, 6.07) is 4.19. The van der Waals surface area contributed by atoms with E-state index in [9.17, 15) is 18.0 Å². The summed E-state index contributed by atoms with van der Waals surface area (Å²) in [5, 5.41) is 11.2. The lowest BCUT2D eigenvalue weighted by atomic mass is 10.1. The number of nitrogens with two attached hydrogens (primary N) is 1. The van der Waals surface area contributed by atoms with Gasteiger partial charge in [-0.15, -0.1) is 0 Å². The topological polar surface area (TPSA) is 75.3 Å². The highest BCUT2D eigenvalue weighted by Crippen LogP contribution is 2.22. The first-order valence-corrected chi connectivity index (χ1v) is 5.11. The number of aliphatic hydroxyl groups excluding tert-OH is 1. The minimum Gasteiger partial charge on any atom is -0.398 e. The van der Waals surface area contributed by atoms with Crippen molar-refractivity contribution in [3.63, 3.8) is 0 Å². The Morgan fingerprint density at radius 1 is 1.50 bits per heavy atom. The molecule has 0 aliphatic rings. The molecule has 1 rings (SSSR count). The van der Waals surface area contributed by atoms with Crippen molar-refractivity contribution in [2.24, 2.45) is 0 Å². The molecule has 0 aliphatic carbocycles. The molecule has 0 heterocycles. The van der Waals surface area contributed by atoms with Crippen molar-refractivity contribution >= 4 is 17.2 Å². The van der Waals surface area contributed by atoms with Gasteiger partial charge in [0.05, 0.1) is 0 Å². The van der Waals surface area contributed by atoms with Gasteiger partial charge in [0, 0.05) is 23.5 Å². The molecule has 0 spiro atoms. The second-order valence-corrected chi connectivity index (χ2v) is 3.80. The Morgan fingerprint density at radius 2 is 2.11 bits per heavy atom. The zero-order valence-electron chi connectivity index (χ0n) is 9.58. The van der Waals surface area contributed by atoms with Crippen LogP contribution < -0.4 is 11.1 Å². The normalized spacial score (nSPS) is 13.2. The predicted molar refractivity (Wildman–Crippen MR) is 61.4 cm³/mol. The van der Waals surface area contributed by atoms with Crippen molar-refractivity contribution < 1.29 is 23.1 Å². The second-order valence-electron chi connectivity index (χ2n) is 3.80. The smallest absolute Gasteiger partial charge is 0.398 e. The summed E-state index contributed by atoms with van der Waals surface area (Å²) < 4.78 is 36.1. The summed E-state index contributed by atoms with van der Waals surface area (Å²) in [7, 11) is 0. The van der Waals surface area contributed by atoms with Crippen LogP contribution in [-0.2, 0) is 0 Å². The molecule has 1 atom stereocenters. The lowest BCUT2D eigenvalue weighted by Gasteiger charge is -2.16. The molecule has 1 unspecified atom stereocenters. The van der Waals surface area contributed by atoms with Crippen LogP contribution in [0.3, 0.4) is 0 Å². The van der Waals surface area contributed by atoms with Crippen molar-refractivity contribution in [2.75, 3.05) is 17.6 Å². The maximum atomic E-state index is 12.0. The molecule has 0 aromatic heterocycles. The molecule has 18 heavy (non-hydrogen) atoms. The number of carbonyl (C=O) groups excluding carboxylic acids is 1. The van der Waals surface area contributed by atoms with Gasteiger partial charge in [-0.2, -0.15) is 13.2 Å². The minimum atomic E-state index is -4.67. The third-order valence-electron chi connectivity index (χ3n) is 2.31. The Kier molecular flexibility index (Phi) is 4.18. The second kappa shape index (κ2) is 5.26. The van der Waals surface area contributed by atoms with Crippen molar-refractivity contribution in [2.45, 2.75) is 19.2 Å². The number of nitrogens with one attached hydrogen (secondary N) is 1. The molecule has 1 aromatic carbocycles. The molecule has 7 heteroatoms. The Bertz CT molecular complexity index is 446. The zero-order chi connectivity index (χ0) is 13.9. The largest absolute Gasteiger partial charge is 0.416 e. The standard InChI is InChI=1S/C11H13F3N2O2/c1-6(17)8-3-2-7(4-9(8)15)16-5-10(18)11(12,13)14/h2-4,10,16,18H,5,15H2,1H3. The van der Waals surface area contributed by atoms with Crippen molar-refractivity contribution in [1.29, 1.82) is 0 Å². The van der Waals surface area contributed by atoms with E-state index in [4.69, 9.17) is 10.8 Å². The van der Waals surface area contributed by atoms with E-state index in [1.165, 1.54) is 25.1 Å². The Balaban J connectivity index is 2.70. The Morgan fingerprint density at radius 3 is 2.56 bits per heavy atom. The van der Waals surface area contributed by atoms with E-state index < -0.39 is 18.8 Å². The SMILES string of the molecule is CC(=O)c1ccc(NCC(O)C(F)(F)F)cc1N. The van der Waals surface area contributed by atoms with Gasteiger partial charge in [0.25, 0.3) is 0 Å². The quantitative estimate of drug-likeness (QED) is 0.571. The summed E-state index contributed by atoms with van der Waals surface area (Å²) in [5.74, 6) is -0.227. The van der Waals surface area contributed by atoms with Gasteiger partial charge >= 0.3 is 6.18 Å². The van der Waals surface area contributed by atoms with Crippen molar-refractivity contribution in [3.8, 4) is 0 Å². The molecule has 1 aromatic rings. The number of nitrogen functional groups attached to an aromatic ring is 1. The fourth-order valence-electron chi connectivity index (χ4n) is 1.32. The number of hydrogen-bond donors (Lipinski definition) is 3. The van der Waals surface area contributed by atoms with Gasteiger partial charge in [-0.25, -0.2) is 0 Å². The number of aliphatic hydroxyl groups is 1. The summed E-state index contributed by atoms with van der Waals surface area (Å²) in [6.45, 7) is 0.661. The maximum Gasteiger partial charge on any atom is 0.416 e. The molecule has 0 saturated heterocycles. The molecule has 100 valence electrons. The van der Waals surface area contributed by atoms with Gasteiger partial charge in [0.15, 0.2) is 11.9 Å². The van der Waals surface area contributed by atoms with E-state index in [0.29, 0.717) is 11.3 Å². The Labute approximate surface area is 102 Å². The fourth-order valence-corrected chi connectivity index (χ4v) is 1.32. The highest BCUT2D eigenvalue weighted by molar-refractivity contribution is 5.99. The first-order chi connectivity index (χ1) is 8.21. The summed E-state index contributed by atoms with van der Waals surface area (Å²) in [6.07, 6.45) is -7.12. The molecule has 0 aliphatic heterocycles. The van der Waals surface area contributed by atoms with Crippen LogP contribution in [0.1, 0.15) is 17.3 Å². The van der Waals surface area contributed by atoms with Gasteiger partial charge < -0.3 is 16.2 Å². The van der Waals surface area contributed by atoms with Crippen LogP contribution in [-0.4, -0.2) is 29.7 Å². The molecular weight excluding hydrogens is 249 g/mol. The number of carbonyl (C=O) groups is 1. The lowest BCUT2D eigenvalue weighted by molar-refractivity contribution is -0.198. The number of Topliss-reactive ketones (excluding diaryl/α,β-unsaturated/α-hetero) is 1. The molecule has 0 saturated carbocycles. The minimum absolute atomic E-state index is 0.175. The third kappa shape index (κ3) is 3.63. The zero-order valence-corrected chi connectivity index (χ0v) is 9.58. The van der Waals surface area contributed by atoms with Crippen LogP contribution in [0.25, 0.3) is 0 Å². The van der Waals surface area contributed by atoms with Gasteiger partial charge in [0.2, 0.25) is 0 Å². The molecular formula is C11H13F3N2O2. The summed E-state index contributed by atoms with van der Waals surface area (Å²) in [5.41, 5.74) is 6.35. The number of rotatable bonds is 4. The third-order valence-corrected chi connectivity index (χ3v) is 2.31. The fraction of sp³-hybridized carbons (Fsp3) is 0.364. The van der Waals surface area contributed by atoms with Crippen LogP contribution in [0.4, 0.5) is 24.5 Å². The van der Waals surface area contributed by atoms with E-state index in [1.54, 1.807) is 0 Å². The van der Waals surface area contributed by atoms with Gasteiger partial charge in [0.1, 0.15) is 0 Å². The van der Waals surface area contributed by atoms with Crippen molar-refractivity contribution in [1.82, 2.24) is 0 Å². The molecule has 0 fully saturated rings. The van der Waals surface area contributed by atoms with Crippen molar-refractivity contribution in [3.05, 3.63) is 23.8 Å². The highest BCUT2D eigenvalue weighted by atomic mass is 19.4. The molecule has 0 bridgehead atoms. The highest BCUT2D eigenvalue weighted by Gasteiger charge is 2.37. The number of benzene rings is 1. The van der Waals surface area contributed by atoms with E-state index in [2.05, 4.69) is 5.32 Å². The molecule has 4 N–H and O–H groups in total. The van der Waals surface area contributed by atoms with Crippen LogP contribution in [0.15, 0.2) is 18.2 Å². The van der Waals surface area contributed by atoms with E-state index in [1.807, 2.05) is 0 Å². The Hall–Kier alpha value is -1.76. The average Bonchev–Trinajstić information content (AvgIpc) is 2.24. The number of halogens is 3. The van der Waals surface area contributed by atoms with E-state index in [0.717, 1.165) is 0 Å². The van der Waals surface area contributed by atoms with Gasteiger partial charge in [-0.1, -0.05) is 0 Å². The monoisotopic (exact) mass is 262 g/mol. The summed E-state index contributed by atoms with van der Waals surface area (Å²) in [4.78, 5) is 11.1.